The highest BCUT2D eigenvalue weighted by atomic mass is 35.5. The van der Waals surface area contributed by atoms with E-state index >= 15 is 0 Å². The predicted octanol–water partition coefficient (Wildman–Crippen LogP) is 1.75. The van der Waals surface area contributed by atoms with Crippen molar-refractivity contribution in [3.8, 4) is 0 Å². The number of carbonyl (C=O) groups is 1. The van der Waals surface area contributed by atoms with Gasteiger partial charge in [0.2, 0.25) is 5.91 Å². The van der Waals surface area contributed by atoms with E-state index < -0.39 is 0 Å². The summed E-state index contributed by atoms with van der Waals surface area (Å²) < 4.78 is 0. The van der Waals surface area contributed by atoms with E-state index in [0.29, 0.717) is 12.0 Å². The number of rotatable bonds is 4. The van der Waals surface area contributed by atoms with Gasteiger partial charge in [0.25, 0.3) is 0 Å². The second-order valence-electron chi connectivity index (χ2n) is 4.70. The maximum atomic E-state index is 12.0. The fraction of sp³-hybridized carbons (Fsp3) is 0.909. The van der Waals surface area contributed by atoms with Gasteiger partial charge in [-0.3, -0.25) is 4.79 Å². The van der Waals surface area contributed by atoms with Gasteiger partial charge in [0.15, 0.2) is 0 Å². The lowest BCUT2D eigenvalue weighted by Gasteiger charge is -2.27. The molecule has 2 atom stereocenters. The zero-order valence-corrected chi connectivity index (χ0v) is 11.9. The molecule has 16 heavy (non-hydrogen) atoms. The number of nitrogens with two attached hydrogens (primary N) is 1. The molecule has 0 spiro atoms. The molecular weight excluding hydrogens is 244 g/mol. The quantitative estimate of drug-likeness (QED) is 0.843. The number of hydrogen-bond donors (Lipinski definition) is 1. The predicted molar refractivity (Wildman–Crippen MR) is 73.2 cm³/mol. The highest BCUT2D eigenvalue weighted by Gasteiger charge is 2.27. The molecular formula is C11H23ClN2OS. The normalized spacial score (nSPS) is 21.7. The molecule has 0 aliphatic carbocycles. The molecule has 2 N–H and O–H groups in total. The van der Waals surface area contributed by atoms with Crippen LogP contribution < -0.4 is 5.73 Å². The molecule has 1 saturated heterocycles. The molecule has 5 heteroatoms. The van der Waals surface area contributed by atoms with Gasteiger partial charge < -0.3 is 10.6 Å². The van der Waals surface area contributed by atoms with Crippen molar-refractivity contribution in [3.63, 3.8) is 0 Å². The molecule has 0 aromatic rings. The van der Waals surface area contributed by atoms with Crippen molar-refractivity contribution >= 4 is 30.1 Å². The Bertz CT molecular complexity index is 220. The zero-order valence-electron chi connectivity index (χ0n) is 10.3. The van der Waals surface area contributed by atoms with Crippen LogP contribution in [0, 0.1) is 5.92 Å². The van der Waals surface area contributed by atoms with E-state index in [9.17, 15) is 4.79 Å². The van der Waals surface area contributed by atoms with Crippen molar-refractivity contribution in [2.24, 2.45) is 11.7 Å². The van der Waals surface area contributed by atoms with E-state index in [2.05, 4.69) is 13.8 Å². The van der Waals surface area contributed by atoms with Crippen LogP contribution in [0.3, 0.4) is 0 Å². The molecule has 1 aliphatic rings. The zero-order chi connectivity index (χ0) is 11.4. The molecule has 0 aromatic heterocycles. The summed E-state index contributed by atoms with van der Waals surface area (Å²) in [6, 6.07) is 0.0845. The van der Waals surface area contributed by atoms with Gasteiger partial charge in [-0.15, -0.1) is 12.4 Å². The van der Waals surface area contributed by atoms with Crippen LogP contribution >= 0.6 is 24.2 Å². The van der Waals surface area contributed by atoms with E-state index in [-0.39, 0.29) is 24.4 Å². The molecule has 3 nitrogen and oxygen atoms in total. The Morgan fingerprint density at radius 3 is 2.62 bits per heavy atom. The number of halogens is 1. The molecule has 1 rings (SSSR count). The number of likely N-dealkylation sites (N-methyl/N-ethyl adjacent to an activating group) is 1. The Balaban J connectivity index is 0.00000225. The van der Waals surface area contributed by atoms with Gasteiger partial charge in [0.1, 0.15) is 0 Å². The first-order chi connectivity index (χ1) is 7.02. The van der Waals surface area contributed by atoms with Gasteiger partial charge in [-0.1, -0.05) is 13.8 Å². The van der Waals surface area contributed by atoms with Gasteiger partial charge in [-0.05, 0) is 24.5 Å². The topological polar surface area (TPSA) is 46.3 Å². The lowest BCUT2D eigenvalue weighted by molar-refractivity contribution is -0.133. The van der Waals surface area contributed by atoms with Crippen LogP contribution in [0.1, 0.15) is 26.7 Å². The van der Waals surface area contributed by atoms with Crippen LogP contribution in [-0.4, -0.2) is 41.4 Å². The van der Waals surface area contributed by atoms with E-state index in [4.69, 9.17) is 5.73 Å². The Morgan fingerprint density at radius 2 is 2.19 bits per heavy atom. The first-order valence-corrected chi connectivity index (χ1v) is 6.77. The van der Waals surface area contributed by atoms with E-state index in [1.165, 1.54) is 5.75 Å². The maximum absolute atomic E-state index is 12.0. The first-order valence-electron chi connectivity index (χ1n) is 5.62. The Kier molecular flexibility index (Phi) is 7.44. The van der Waals surface area contributed by atoms with E-state index in [1.807, 2.05) is 23.7 Å². The van der Waals surface area contributed by atoms with Gasteiger partial charge in [-0.2, -0.15) is 11.8 Å². The fourth-order valence-electron chi connectivity index (χ4n) is 1.88. The molecule has 1 fully saturated rings. The molecule has 2 unspecified atom stereocenters. The van der Waals surface area contributed by atoms with Crippen LogP contribution in [0.25, 0.3) is 0 Å². The number of nitrogens with zero attached hydrogens (tertiary/aromatic N) is 1. The Labute approximate surface area is 109 Å². The van der Waals surface area contributed by atoms with E-state index in [1.54, 1.807) is 0 Å². The summed E-state index contributed by atoms with van der Waals surface area (Å²) in [5.41, 5.74) is 5.89. The van der Waals surface area contributed by atoms with Crippen molar-refractivity contribution in [3.05, 3.63) is 0 Å². The second-order valence-corrected chi connectivity index (χ2v) is 5.85. The van der Waals surface area contributed by atoms with Gasteiger partial charge >= 0.3 is 0 Å². The third kappa shape index (κ3) is 4.52. The molecule has 0 radical (unpaired) electrons. The van der Waals surface area contributed by atoms with Crippen LogP contribution in [0.2, 0.25) is 0 Å². The van der Waals surface area contributed by atoms with Crippen LogP contribution in [-0.2, 0) is 4.79 Å². The lowest BCUT2D eigenvalue weighted by Crippen LogP contribution is -2.47. The summed E-state index contributed by atoms with van der Waals surface area (Å²) in [6.07, 6.45) is 1.89. The Morgan fingerprint density at radius 1 is 1.56 bits per heavy atom. The standard InChI is InChI=1S/C11H22N2OS.ClH/c1-8(2)6-10(12)11(14)13(3)9-4-5-15-7-9;/h8-10H,4-7,12H2,1-3H3;1H. The SMILES string of the molecule is CC(C)CC(N)C(=O)N(C)C1CCSC1.Cl. The molecule has 1 amide bonds. The average molecular weight is 267 g/mol. The minimum Gasteiger partial charge on any atom is -0.341 e. The van der Waals surface area contributed by atoms with Crippen molar-refractivity contribution in [1.82, 2.24) is 4.90 Å². The number of hydrogen-bond acceptors (Lipinski definition) is 3. The molecule has 0 aromatic carbocycles. The highest BCUT2D eigenvalue weighted by Crippen LogP contribution is 2.22. The summed E-state index contributed by atoms with van der Waals surface area (Å²) in [7, 11) is 1.89. The van der Waals surface area contributed by atoms with Crippen molar-refractivity contribution < 1.29 is 4.79 Å². The maximum Gasteiger partial charge on any atom is 0.239 e. The third-order valence-electron chi connectivity index (χ3n) is 2.84. The van der Waals surface area contributed by atoms with E-state index in [0.717, 1.165) is 18.6 Å². The number of thioether (sulfide) groups is 1. The smallest absolute Gasteiger partial charge is 0.239 e. The minimum absolute atomic E-state index is 0. The molecule has 1 aliphatic heterocycles. The molecule has 0 bridgehead atoms. The summed E-state index contributed by atoms with van der Waals surface area (Å²) in [6.45, 7) is 4.19. The molecule has 1 heterocycles. The molecule has 96 valence electrons. The van der Waals surface area contributed by atoms with Crippen molar-refractivity contribution in [2.75, 3.05) is 18.6 Å². The van der Waals surface area contributed by atoms with Gasteiger partial charge in [0.05, 0.1) is 6.04 Å². The monoisotopic (exact) mass is 266 g/mol. The summed E-state index contributed by atoms with van der Waals surface area (Å²) in [5, 5.41) is 0. The van der Waals surface area contributed by atoms with Gasteiger partial charge in [0, 0.05) is 18.8 Å². The summed E-state index contributed by atoms with van der Waals surface area (Å²) >= 11 is 1.92. The minimum atomic E-state index is -0.319. The average Bonchev–Trinajstić information content (AvgIpc) is 2.67. The largest absolute Gasteiger partial charge is 0.341 e. The fourth-order valence-corrected chi connectivity index (χ4v) is 3.15. The lowest BCUT2D eigenvalue weighted by atomic mass is 10.0. The first kappa shape index (κ1) is 16.1. The highest BCUT2D eigenvalue weighted by molar-refractivity contribution is 7.99. The van der Waals surface area contributed by atoms with Crippen LogP contribution in [0.15, 0.2) is 0 Å². The summed E-state index contributed by atoms with van der Waals surface area (Å²) in [5.74, 6) is 2.82. The second kappa shape index (κ2) is 7.41. The molecule has 0 saturated carbocycles. The Hall–Kier alpha value is 0.0700. The van der Waals surface area contributed by atoms with Crippen LogP contribution in [0.5, 0.6) is 0 Å². The van der Waals surface area contributed by atoms with Crippen molar-refractivity contribution in [2.45, 2.75) is 38.8 Å². The van der Waals surface area contributed by atoms with Crippen molar-refractivity contribution in [1.29, 1.82) is 0 Å². The number of carbonyl (C=O) groups excluding carboxylic acids is 1. The van der Waals surface area contributed by atoms with Gasteiger partial charge in [-0.25, -0.2) is 0 Å². The summed E-state index contributed by atoms with van der Waals surface area (Å²) in [4.78, 5) is 13.8. The third-order valence-corrected chi connectivity index (χ3v) is 3.99. The van der Waals surface area contributed by atoms with Crippen LogP contribution in [0.4, 0.5) is 0 Å². The number of amides is 1.